The molecule has 28 heavy (non-hydrogen) atoms. The van der Waals surface area contributed by atoms with Crippen LogP contribution in [0.15, 0.2) is 65.2 Å². The van der Waals surface area contributed by atoms with E-state index in [-0.39, 0.29) is 11.8 Å². The van der Waals surface area contributed by atoms with E-state index in [0.717, 1.165) is 37.5 Å². The third kappa shape index (κ3) is 3.93. The number of hydrogen-bond acceptors (Lipinski definition) is 4. The quantitative estimate of drug-likeness (QED) is 0.666. The second kappa shape index (κ2) is 8.30. The summed E-state index contributed by atoms with van der Waals surface area (Å²) in [6.07, 6.45) is 4.44. The van der Waals surface area contributed by atoms with Gasteiger partial charge < -0.3 is 14.1 Å². The molecule has 0 spiro atoms. The van der Waals surface area contributed by atoms with Crippen molar-refractivity contribution in [3.8, 4) is 5.75 Å². The summed E-state index contributed by atoms with van der Waals surface area (Å²) in [5.41, 5.74) is 1.80. The minimum atomic E-state index is -0.00165. The molecule has 0 unspecified atom stereocenters. The lowest BCUT2D eigenvalue weighted by atomic mass is 9.97. The Kier molecular flexibility index (Phi) is 5.42. The van der Waals surface area contributed by atoms with Gasteiger partial charge in [-0.2, -0.15) is 0 Å². The molecule has 1 aromatic heterocycles. The molecule has 5 nitrogen and oxygen atoms in total. The Morgan fingerprint density at radius 2 is 1.96 bits per heavy atom. The van der Waals surface area contributed by atoms with Crippen LogP contribution < -0.4 is 4.74 Å². The Balaban J connectivity index is 1.46. The van der Waals surface area contributed by atoms with Gasteiger partial charge >= 0.3 is 0 Å². The van der Waals surface area contributed by atoms with Gasteiger partial charge in [0.2, 0.25) is 0 Å². The number of piperidine rings is 1. The lowest BCUT2D eigenvalue weighted by Gasteiger charge is -2.31. The fourth-order valence-corrected chi connectivity index (χ4v) is 3.74. The van der Waals surface area contributed by atoms with Crippen LogP contribution >= 0.6 is 0 Å². The Morgan fingerprint density at radius 1 is 1.18 bits per heavy atom. The number of hydrogen-bond donors (Lipinski definition) is 0. The van der Waals surface area contributed by atoms with E-state index in [4.69, 9.17) is 9.15 Å². The van der Waals surface area contributed by atoms with Crippen molar-refractivity contribution in [2.24, 2.45) is 0 Å². The van der Waals surface area contributed by atoms with Crippen molar-refractivity contribution in [3.05, 3.63) is 83.6 Å². The highest BCUT2D eigenvalue weighted by molar-refractivity contribution is 5.97. The van der Waals surface area contributed by atoms with E-state index in [9.17, 15) is 4.79 Å². The van der Waals surface area contributed by atoms with Crippen molar-refractivity contribution in [3.63, 3.8) is 0 Å². The molecule has 1 aliphatic heterocycles. The van der Waals surface area contributed by atoms with E-state index in [2.05, 4.69) is 17.1 Å². The Hall–Kier alpha value is -3.08. The second-order valence-electron chi connectivity index (χ2n) is 7.12. The monoisotopic (exact) mass is 376 g/mol. The van der Waals surface area contributed by atoms with Crippen LogP contribution in [0.3, 0.4) is 0 Å². The lowest BCUT2D eigenvalue weighted by Crippen LogP contribution is -2.39. The number of rotatable bonds is 5. The van der Waals surface area contributed by atoms with Crippen LogP contribution in [-0.2, 0) is 6.42 Å². The largest absolute Gasteiger partial charge is 0.496 e. The van der Waals surface area contributed by atoms with E-state index in [1.54, 1.807) is 7.11 Å². The molecular weight excluding hydrogens is 352 g/mol. The first-order valence-corrected chi connectivity index (χ1v) is 9.65. The van der Waals surface area contributed by atoms with Gasteiger partial charge in [0.05, 0.1) is 24.8 Å². The van der Waals surface area contributed by atoms with Crippen LogP contribution in [-0.4, -0.2) is 36.0 Å². The molecule has 1 saturated heterocycles. The van der Waals surface area contributed by atoms with Crippen molar-refractivity contribution in [2.45, 2.75) is 25.2 Å². The summed E-state index contributed by atoms with van der Waals surface area (Å²) < 4.78 is 11.4. The first-order valence-electron chi connectivity index (χ1n) is 9.65. The predicted molar refractivity (Wildman–Crippen MR) is 107 cm³/mol. The molecule has 3 aromatic rings. The number of methoxy groups -OCH3 is 1. The van der Waals surface area contributed by atoms with Gasteiger partial charge in [-0.15, -0.1) is 0 Å². The molecular formula is C23H24N2O3. The molecule has 0 aliphatic carbocycles. The molecule has 4 rings (SSSR count). The molecule has 144 valence electrons. The number of nitrogens with zero attached hydrogens (tertiary/aromatic N) is 2. The normalized spacial score (nSPS) is 16.8. The van der Waals surface area contributed by atoms with E-state index in [1.165, 1.54) is 5.56 Å². The SMILES string of the molecule is COc1ccccc1C(=O)N1CCC[C@H](c2ncc(Cc3ccccc3)o2)C1. The third-order valence-corrected chi connectivity index (χ3v) is 5.19. The zero-order valence-electron chi connectivity index (χ0n) is 16.0. The highest BCUT2D eigenvalue weighted by Gasteiger charge is 2.29. The van der Waals surface area contributed by atoms with Crippen LogP contribution in [0.5, 0.6) is 5.75 Å². The van der Waals surface area contributed by atoms with Crippen molar-refractivity contribution >= 4 is 5.91 Å². The number of carbonyl (C=O) groups excluding carboxylic acids is 1. The molecule has 0 radical (unpaired) electrons. The minimum Gasteiger partial charge on any atom is -0.496 e. The minimum absolute atomic E-state index is 0.00165. The maximum absolute atomic E-state index is 13.0. The van der Waals surface area contributed by atoms with E-state index < -0.39 is 0 Å². The van der Waals surface area contributed by atoms with E-state index in [0.29, 0.717) is 17.9 Å². The van der Waals surface area contributed by atoms with Gasteiger partial charge in [-0.1, -0.05) is 42.5 Å². The summed E-state index contributed by atoms with van der Waals surface area (Å²) in [7, 11) is 1.59. The van der Waals surface area contributed by atoms with Crippen molar-refractivity contribution < 1.29 is 13.9 Å². The van der Waals surface area contributed by atoms with Gasteiger partial charge in [0.15, 0.2) is 5.89 Å². The third-order valence-electron chi connectivity index (χ3n) is 5.19. The highest BCUT2D eigenvalue weighted by atomic mass is 16.5. The van der Waals surface area contributed by atoms with Crippen molar-refractivity contribution in [1.82, 2.24) is 9.88 Å². The number of carbonyl (C=O) groups is 1. The maximum atomic E-state index is 13.0. The smallest absolute Gasteiger partial charge is 0.257 e. The molecule has 2 heterocycles. The lowest BCUT2D eigenvalue weighted by molar-refractivity contribution is 0.0694. The number of aromatic nitrogens is 1. The zero-order valence-corrected chi connectivity index (χ0v) is 16.0. The van der Waals surface area contributed by atoms with Crippen LogP contribution in [0.1, 0.15) is 46.3 Å². The zero-order chi connectivity index (χ0) is 19.3. The maximum Gasteiger partial charge on any atom is 0.257 e. The summed E-state index contributed by atoms with van der Waals surface area (Å²) >= 11 is 0. The van der Waals surface area contributed by atoms with Gasteiger partial charge in [0.1, 0.15) is 11.5 Å². The van der Waals surface area contributed by atoms with Gasteiger partial charge in [-0.05, 0) is 30.5 Å². The Morgan fingerprint density at radius 3 is 2.79 bits per heavy atom. The number of ether oxygens (including phenoxy) is 1. The molecule has 2 aromatic carbocycles. The molecule has 1 amide bonds. The van der Waals surface area contributed by atoms with Gasteiger partial charge in [0.25, 0.3) is 5.91 Å². The molecule has 0 saturated carbocycles. The molecule has 1 aliphatic rings. The number of oxazole rings is 1. The topological polar surface area (TPSA) is 55.6 Å². The van der Waals surface area contributed by atoms with Gasteiger partial charge in [-0.25, -0.2) is 4.98 Å². The first-order chi connectivity index (χ1) is 13.7. The Labute approximate surface area is 165 Å². The summed E-state index contributed by atoms with van der Waals surface area (Å²) in [5.74, 6) is 2.31. The second-order valence-corrected chi connectivity index (χ2v) is 7.12. The fraction of sp³-hybridized carbons (Fsp3) is 0.304. The summed E-state index contributed by atoms with van der Waals surface area (Å²) in [6.45, 7) is 1.35. The van der Waals surface area contributed by atoms with Gasteiger partial charge in [0, 0.05) is 19.5 Å². The highest BCUT2D eigenvalue weighted by Crippen LogP contribution is 2.29. The molecule has 1 atom stereocenters. The summed E-state index contributed by atoms with van der Waals surface area (Å²) in [4.78, 5) is 19.4. The standard InChI is InChI=1S/C23H24N2O3/c1-27-21-12-6-5-11-20(21)23(26)25-13-7-10-18(16-25)22-24-15-19(28-22)14-17-8-3-2-4-9-17/h2-6,8-9,11-12,15,18H,7,10,13-14,16H2,1H3/t18-/m0/s1. The van der Waals surface area contributed by atoms with Gasteiger partial charge in [-0.3, -0.25) is 4.79 Å². The van der Waals surface area contributed by atoms with E-state index >= 15 is 0 Å². The van der Waals surface area contributed by atoms with Crippen LogP contribution in [0.25, 0.3) is 0 Å². The number of amides is 1. The van der Waals surface area contributed by atoms with Crippen LogP contribution in [0, 0.1) is 0 Å². The molecule has 1 fully saturated rings. The van der Waals surface area contributed by atoms with Crippen molar-refractivity contribution in [1.29, 1.82) is 0 Å². The van der Waals surface area contributed by atoms with E-state index in [1.807, 2.05) is 53.6 Å². The van der Waals surface area contributed by atoms with Crippen LogP contribution in [0.4, 0.5) is 0 Å². The number of benzene rings is 2. The van der Waals surface area contributed by atoms with Crippen LogP contribution in [0.2, 0.25) is 0 Å². The average Bonchev–Trinajstić information content (AvgIpc) is 3.22. The van der Waals surface area contributed by atoms with Crippen molar-refractivity contribution in [2.75, 3.05) is 20.2 Å². The molecule has 0 bridgehead atoms. The predicted octanol–water partition coefficient (Wildman–Crippen LogP) is 4.29. The average molecular weight is 376 g/mol. The summed E-state index contributed by atoms with van der Waals surface area (Å²) in [6, 6.07) is 17.6. The number of para-hydroxylation sites is 1. The summed E-state index contributed by atoms with van der Waals surface area (Å²) in [5, 5.41) is 0. The first kappa shape index (κ1) is 18.3. The molecule has 0 N–H and O–H groups in total. The molecule has 5 heteroatoms. The number of likely N-dealkylation sites (tertiary alicyclic amines) is 1. The fourth-order valence-electron chi connectivity index (χ4n) is 3.74. The Bertz CT molecular complexity index is 936.